The lowest BCUT2D eigenvalue weighted by molar-refractivity contribution is -0.114. The van der Waals surface area contributed by atoms with Crippen LogP contribution in [0.5, 0.6) is 11.5 Å². The molecule has 0 spiro atoms. The van der Waals surface area contributed by atoms with E-state index in [1.54, 1.807) is 25.3 Å². The monoisotopic (exact) mass is 247 g/mol. The fourth-order valence-corrected chi connectivity index (χ4v) is 1.60. The molecule has 2 rings (SSSR count). The Kier molecular flexibility index (Phi) is 2.93. The van der Waals surface area contributed by atoms with Crippen LogP contribution >= 0.6 is 0 Å². The van der Waals surface area contributed by atoms with Crippen LogP contribution in [0, 0.1) is 0 Å². The Balaban J connectivity index is 2.37. The molecule has 0 saturated carbocycles. The minimum Gasteiger partial charge on any atom is -0.504 e. The zero-order chi connectivity index (χ0) is 13.3. The van der Waals surface area contributed by atoms with Gasteiger partial charge < -0.3 is 20.5 Å². The number of aliphatic imine (C=N–C) groups is 1. The quantitative estimate of drug-likeness (QED) is 0.744. The Morgan fingerprint density at radius 2 is 2.22 bits per heavy atom. The van der Waals surface area contributed by atoms with Crippen LogP contribution in [0.4, 0.5) is 0 Å². The second-order valence-corrected chi connectivity index (χ2v) is 3.80. The van der Waals surface area contributed by atoms with Crippen molar-refractivity contribution in [2.24, 2.45) is 10.7 Å². The summed E-state index contributed by atoms with van der Waals surface area (Å²) in [5.41, 5.74) is 6.63. The fraction of sp³-hybridized carbons (Fsp3) is 0.167. The molecule has 6 nitrogen and oxygen atoms in total. The van der Waals surface area contributed by atoms with Gasteiger partial charge in [-0.2, -0.15) is 4.99 Å². The van der Waals surface area contributed by atoms with Crippen molar-refractivity contribution in [3.8, 4) is 11.5 Å². The molecule has 0 fully saturated rings. The predicted molar refractivity (Wildman–Crippen MR) is 67.0 cm³/mol. The number of nitrogens with zero attached hydrogens (tertiary/aromatic N) is 2. The Hall–Kier alpha value is -2.50. The highest BCUT2D eigenvalue weighted by Crippen LogP contribution is 2.28. The first-order valence-electron chi connectivity index (χ1n) is 5.24. The lowest BCUT2D eigenvalue weighted by Crippen LogP contribution is -2.28. The van der Waals surface area contributed by atoms with Crippen molar-refractivity contribution in [2.45, 2.75) is 0 Å². The maximum atomic E-state index is 11.6. The molecule has 18 heavy (non-hydrogen) atoms. The van der Waals surface area contributed by atoms with Gasteiger partial charge in [0.2, 0.25) is 5.96 Å². The molecule has 0 aliphatic carbocycles. The van der Waals surface area contributed by atoms with Crippen LogP contribution in [-0.4, -0.2) is 36.0 Å². The average molecular weight is 247 g/mol. The van der Waals surface area contributed by atoms with Crippen molar-refractivity contribution < 1.29 is 14.6 Å². The highest BCUT2D eigenvalue weighted by Gasteiger charge is 2.24. The topological polar surface area (TPSA) is 88.1 Å². The number of nitrogens with two attached hydrogens (primary N) is 1. The summed E-state index contributed by atoms with van der Waals surface area (Å²) in [4.78, 5) is 16.7. The number of benzene rings is 1. The van der Waals surface area contributed by atoms with Crippen molar-refractivity contribution in [1.29, 1.82) is 0 Å². The molecule has 1 aromatic carbocycles. The SMILES string of the molecule is COc1cc(/C=C2/C(=O)N=C(N)N2C)ccc1O. The Morgan fingerprint density at radius 3 is 2.78 bits per heavy atom. The molecule has 3 N–H and O–H groups in total. The number of ether oxygens (including phenoxy) is 1. The van der Waals surface area contributed by atoms with E-state index in [0.717, 1.165) is 0 Å². The molecular weight excluding hydrogens is 234 g/mol. The third-order valence-electron chi connectivity index (χ3n) is 2.65. The van der Waals surface area contributed by atoms with E-state index < -0.39 is 0 Å². The maximum Gasteiger partial charge on any atom is 0.296 e. The number of methoxy groups -OCH3 is 1. The molecular formula is C12H13N3O3. The van der Waals surface area contributed by atoms with E-state index in [2.05, 4.69) is 4.99 Å². The minimum atomic E-state index is -0.387. The third-order valence-corrected chi connectivity index (χ3v) is 2.65. The summed E-state index contributed by atoms with van der Waals surface area (Å²) in [6.07, 6.45) is 1.63. The first kappa shape index (κ1) is 12.0. The number of amides is 1. The van der Waals surface area contributed by atoms with E-state index >= 15 is 0 Å². The Labute approximate surface area is 104 Å². The molecule has 0 bridgehead atoms. The second kappa shape index (κ2) is 4.40. The van der Waals surface area contributed by atoms with Gasteiger partial charge in [-0.15, -0.1) is 0 Å². The molecule has 1 aliphatic rings. The number of phenols is 1. The zero-order valence-electron chi connectivity index (χ0n) is 10.0. The van der Waals surface area contributed by atoms with Crippen LogP contribution in [0.15, 0.2) is 28.9 Å². The van der Waals surface area contributed by atoms with Gasteiger partial charge in [0.25, 0.3) is 5.91 Å². The average Bonchev–Trinajstić information content (AvgIpc) is 2.58. The second-order valence-electron chi connectivity index (χ2n) is 3.80. The highest BCUT2D eigenvalue weighted by molar-refractivity contribution is 6.12. The number of likely N-dealkylation sites (N-methyl/N-ethyl adjacent to an activating group) is 1. The number of aromatic hydroxyl groups is 1. The van der Waals surface area contributed by atoms with Crippen LogP contribution in [0.1, 0.15) is 5.56 Å². The van der Waals surface area contributed by atoms with E-state index in [1.807, 2.05) is 0 Å². The number of hydrogen-bond acceptors (Lipinski definition) is 5. The van der Waals surface area contributed by atoms with Gasteiger partial charge in [-0.25, -0.2) is 0 Å². The van der Waals surface area contributed by atoms with Crippen LogP contribution in [0.2, 0.25) is 0 Å². The maximum absolute atomic E-state index is 11.6. The summed E-state index contributed by atoms with van der Waals surface area (Å²) < 4.78 is 4.99. The van der Waals surface area contributed by atoms with Gasteiger partial charge in [-0.3, -0.25) is 4.79 Å². The lowest BCUT2D eigenvalue weighted by Gasteiger charge is -2.11. The van der Waals surface area contributed by atoms with E-state index in [1.165, 1.54) is 18.1 Å². The normalized spacial score (nSPS) is 17.2. The number of hydrogen-bond donors (Lipinski definition) is 2. The molecule has 1 amide bonds. The molecule has 94 valence electrons. The standard InChI is InChI=1S/C12H13N3O3/c1-15-8(11(17)14-12(15)13)5-7-3-4-9(16)10(6-7)18-2/h3-6,16H,1-2H3,(H2,13,14,17)/b8-5-. The zero-order valence-corrected chi connectivity index (χ0v) is 10.0. The largest absolute Gasteiger partial charge is 0.504 e. The van der Waals surface area contributed by atoms with Gasteiger partial charge in [0.1, 0.15) is 5.70 Å². The number of guanidine groups is 1. The first-order valence-corrected chi connectivity index (χ1v) is 5.24. The van der Waals surface area contributed by atoms with Gasteiger partial charge in [0, 0.05) is 7.05 Å². The molecule has 6 heteroatoms. The van der Waals surface area contributed by atoms with Gasteiger partial charge in [0.15, 0.2) is 11.5 Å². The van der Waals surface area contributed by atoms with Crippen molar-refractivity contribution in [2.75, 3.05) is 14.2 Å². The highest BCUT2D eigenvalue weighted by atomic mass is 16.5. The molecule has 1 heterocycles. The van der Waals surface area contributed by atoms with E-state index in [4.69, 9.17) is 10.5 Å². The van der Waals surface area contributed by atoms with Crippen LogP contribution in [0.3, 0.4) is 0 Å². The molecule has 1 aromatic rings. The third kappa shape index (κ3) is 2.00. The van der Waals surface area contributed by atoms with Gasteiger partial charge in [0.05, 0.1) is 7.11 Å². The smallest absolute Gasteiger partial charge is 0.296 e. The van der Waals surface area contributed by atoms with E-state index in [0.29, 0.717) is 17.0 Å². The summed E-state index contributed by atoms with van der Waals surface area (Å²) >= 11 is 0. The molecule has 0 saturated heterocycles. The van der Waals surface area contributed by atoms with E-state index in [9.17, 15) is 9.90 Å². The minimum absolute atomic E-state index is 0.0431. The van der Waals surface area contributed by atoms with Crippen LogP contribution in [0.25, 0.3) is 6.08 Å². The van der Waals surface area contributed by atoms with Crippen molar-refractivity contribution in [3.05, 3.63) is 29.5 Å². The molecule has 0 aromatic heterocycles. The summed E-state index contributed by atoms with van der Waals surface area (Å²) in [5, 5.41) is 9.48. The molecule has 0 atom stereocenters. The number of rotatable bonds is 2. The van der Waals surface area contributed by atoms with Gasteiger partial charge >= 0.3 is 0 Å². The van der Waals surface area contributed by atoms with Gasteiger partial charge in [-0.05, 0) is 23.8 Å². The number of carbonyl (C=O) groups is 1. The number of carbonyl (C=O) groups excluding carboxylic acids is 1. The molecule has 0 radical (unpaired) electrons. The predicted octanol–water partition coefficient (Wildman–Crippen LogP) is 0.528. The summed E-state index contributed by atoms with van der Waals surface area (Å²) in [7, 11) is 3.12. The summed E-state index contributed by atoms with van der Waals surface area (Å²) in [5.74, 6) is 0.159. The lowest BCUT2D eigenvalue weighted by atomic mass is 10.1. The van der Waals surface area contributed by atoms with E-state index in [-0.39, 0.29) is 17.6 Å². The fourth-order valence-electron chi connectivity index (χ4n) is 1.60. The van der Waals surface area contributed by atoms with Crippen molar-refractivity contribution >= 4 is 17.9 Å². The molecule has 0 unspecified atom stereocenters. The number of phenolic OH excluding ortho intramolecular Hbond substituents is 1. The van der Waals surface area contributed by atoms with Crippen LogP contribution < -0.4 is 10.5 Å². The Morgan fingerprint density at radius 1 is 1.50 bits per heavy atom. The van der Waals surface area contributed by atoms with Crippen LogP contribution in [-0.2, 0) is 4.79 Å². The molecule has 1 aliphatic heterocycles. The Bertz CT molecular complexity index is 564. The van der Waals surface area contributed by atoms with Crippen molar-refractivity contribution in [3.63, 3.8) is 0 Å². The summed E-state index contributed by atoms with van der Waals surface area (Å²) in [6.45, 7) is 0. The first-order chi connectivity index (χ1) is 8.52. The van der Waals surface area contributed by atoms with Crippen molar-refractivity contribution in [1.82, 2.24) is 4.90 Å². The van der Waals surface area contributed by atoms with Gasteiger partial charge in [-0.1, -0.05) is 6.07 Å². The summed E-state index contributed by atoms with van der Waals surface area (Å²) in [6, 6.07) is 4.79.